The molecule has 16 heavy (non-hydrogen) atoms. The van der Waals surface area contributed by atoms with Crippen LogP contribution >= 0.6 is 0 Å². The number of nitrogens with one attached hydrogen (secondary N) is 1. The highest BCUT2D eigenvalue weighted by atomic mass is 32.2. The maximum absolute atomic E-state index is 11.4. The van der Waals surface area contributed by atoms with Gasteiger partial charge in [0, 0.05) is 18.3 Å². The summed E-state index contributed by atoms with van der Waals surface area (Å²) in [5, 5.41) is 3.37. The van der Waals surface area contributed by atoms with Crippen molar-refractivity contribution >= 4 is 9.84 Å². The minimum atomic E-state index is -2.82. The van der Waals surface area contributed by atoms with Gasteiger partial charge in [0.15, 0.2) is 9.84 Å². The van der Waals surface area contributed by atoms with Crippen LogP contribution in [0.4, 0.5) is 0 Å². The lowest BCUT2D eigenvalue weighted by molar-refractivity contribution is 0.236. The molecule has 1 aliphatic rings. The second-order valence-electron chi connectivity index (χ2n) is 4.55. The fourth-order valence-electron chi connectivity index (χ4n) is 2.05. The van der Waals surface area contributed by atoms with E-state index in [0.717, 1.165) is 19.5 Å². The van der Waals surface area contributed by atoms with E-state index in [1.54, 1.807) is 6.92 Å². The molecule has 1 atom stereocenters. The summed E-state index contributed by atoms with van der Waals surface area (Å²) in [6.07, 6.45) is 3.49. The molecule has 1 N–H and O–H groups in total. The third kappa shape index (κ3) is 4.80. The molecule has 0 amide bonds. The zero-order valence-corrected chi connectivity index (χ0v) is 11.2. The first kappa shape index (κ1) is 13.9. The SMILES string of the molecule is CCS(=O)(=O)CCN(C)C1CCCNCC1. The minimum absolute atomic E-state index is 0.257. The highest BCUT2D eigenvalue weighted by Crippen LogP contribution is 2.11. The smallest absolute Gasteiger partial charge is 0.151 e. The lowest BCUT2D eigenvalue weighted by Crippen LogP contribution is -2.36. The van der Waals surface area contributed by atoms with E-state index < -0.39 is 9.84 Å². The van der Waals surface area contributed by atoms with Crippen LogP contribution in [0.25, 0.3) is 0 Å². The lowest BCUT2D eigenvalue weighted by atomic mass is 10.1. The fraction of sp³-hybridized carbons (Fsp3) is 1.00. The van der Waals surface area contributed by atoms with Crippen LogP contribution < -0.4 is 5.32 Å². The van der Waals surface area contributed by atoms with E-state index in [0.29, 0.717) is 18.3 Å². The van der Waals surface area contributed by atoms with Crippen molar-refractivity contribution in [3.63, 3.8) is 0 Å². The molecular formula is C11H24N2O2S. The molecule has 0 aliphatic carbocycles. The molecule has 1 heterocycles. The standard InChI is InChI=1S/C11H24N2O2S/c1-3-16(14,15)10-9-13(2)11-5-4-7-12-8-6-11/h11-12H,3-10H2,1-2H3. The molecule has 0 spiro atoms. The normalized spacial score (nSPS) is 23.3. The van der Waals surface area contributed by atoms with Crippen LogP contribution in [-0.4, -0.2) is 57.5 Å². The monoisotopic (exact) mass is 248 g/mol. The maximum Gasteiger partial charge on any atom is 0.151 e. The van der Waals surface area contributed by atoms with Gasteiger partial charge in [-0.25, -0.2) is 8.42 Å². The largest absolute Gasteiger partial charge is 0.317 e. The molecule has 1 unspecified atom stereocenters. The van der Waals surface area contributed by atoms with Gasteiger partial charge in [-0.05, 0) is 39.4 Å². The maximum atomic E-state index is 11.4. The molecule has 1 rings (SSSR count). The molecule has 1 aliphatic heterocycles. The van der Waals surface area contributed by atoms with Crippen LogP contribution in [0, 0.1) is 0 Å². The van der Waals surface area contributed by atoms with E-state index in [4.69, 9.17) is 0 Å². The average Bonchev–Trinajstić information content (AvgIpc) is 2.54. The quantitative estimate of drug-likeness (QED) is 0.769. The van der Waals surface area contributed by atoms with Crippen molar-refractivity contribution in [3.8, 4) is 0 Å². The molecule has 0 aromatic carbocycles. The Hall–Kier alpha value is -0.130. The molecule has 4 nitrogen and oxygen atoms in total. The second-order valence-corrected chi connectivity index (χ2v) is 7.02. The molecule has 0 saturated carbocycles. The third-order valence-electron chi connectivity index (χ3n) is 3.36. The van der Waals surface area contributed by atoms with Gasteiger partial charge in [0.2, 0.25) is 0 Å². The van der Waals surface area contributed by atoms with Crippen molar-refractivity contribution in [1.29, 1.82) is 0 Å². The van der Waals surface area contributed by atoms with Gasteiger partial charge < -0.3 is 10.2 Å². The van der Waals surface area contributed by atoms with Crippen LogP contribution in [-0.2, 0) is 9.84 Å². The number of hydrogen-bond donors (Lipinski definition) is 1. The van der Waals surface area contributed by atoms with Gasteiger partial charge in [-0.2, -0.15) is 0 Å². The van der Waals surface area contributed by atoms with Gasteiger partial charge in [0.05, 0.1) is 5.75 Å². The van der Waals surface area contributed by atoms with E-state index in [1.807, 2.05) is 7.05 Å². The molecule has 0 aromatic heterocycles. The number of nitrogens with zero attached hydrogens (tertiary/aromatic N) is 1. The summed E-state index contributed by atoms with van der Waals surface area (Å²) in [6.45, 7) is 4.53. The molecule has 1 saturated heterocycles. The number of sulfone groups is 1. The fourth-order valence-corrected chi connectivity index (χ4v) is 2.91. The highest BCUT2D eigenvalue weighted by Gasteiger charge is 2.18. The molecule has 1 fully saturated rings. The van der Waals surface area contributed by atoms with Crippen molar-refractivity contribution in [2.24, 2.45) is 0 Å². The predicted octanol–water partition coefficient (Wildman–Crippen LogP) is 0.495. The summed E-state index contributed by atoms with van der Waals surface area (Å²) in [5.74, 6) is 0.553. The van der Waals surface area contributed by atoms with Crippen LogP contribution in [0.3, 0.4) is 0 Å². The second kappa shape index (κ2) is 6.57. The van der Waals surface area contributed by atoms with E-state index in [1.165, 1.54) is 12.8 Å². The minimum Gasteiger partial charge on any atom is -0.317 e. The zero-order valence-electron chi connectivity index (χ0n) is 10.4. The summed E-state index contributed by atoms with van der Waals surface area (Å²) < 4.78 is 22.8. The Balaban J connectivity index is 2.36. The first-order valence-electron chi connectivity index (χ1n) is 6.16. The van der Waals surface area contributed by atoms with E-state index in [-0.39, 0.29) is 5.75 Å². The zero-order chi connectivity index (χ0) is 12.0. The van der Waals surface area contributed by atoms with Crippen LogP contribution in [0.2, 0.25) is 0 Å². The van der Waals surface area contributed by atoms with Crippen molar-refractivity contribution in [2.75, 3.05) is 38.2 Å². The Morgan fingerprint density at radius 2 is 2.06 bits per heavy atom. The molecule has 0 aromatic rings. The van der Waals surface area contributed by atoms with Crippen LogP contribution in [0.15, 0.2) is 0 Å². The lowest BCUT2D eigenvalue weighted by Gasteiger charge is -2.26. The van der Waals surface area contributed by atoms with Gasteiger partial charge in [0.1, 0.15) is 0 Å². The van der Waals surface area contributed by atoms with Crippen LogP contribution in [0.5, 0.6) is 0 Å². The first-order valence-corrected chi connectivity index (χ1v) is 7.98. The summed E-state index contributed by atoms with van der Waals surface area (Å²) >= 11 is 0. The Kier molecular flexibility index (Phi) is 5.72. The number of rotatable bonds is 5. The summed E-state index contributed by atoms with van der Waals surface area (Å²) in [5.41, 5.74) is 0. The van der Waals surface area contributed by atoms with Gasteiger partial charge in [0.25, 0.3) is 0 Å². The molecular weight excluding hydrogens is 224 g/mol. The van der Waals surface area contributed by atoms with Gasteiger partial charge in [-0.15, -0.1) is 0 Å². The van der Waals surface area contributed by atoms with Crippen molar-refractivity contribution < 1.29 is 8.42 Å². The summed E-state index contributed by atoms with van der Waals surface area (Å²) in [6, 6.07) is 0.544. The van der Waals surface area contributed by atoms with Gasteiger partial charge in [-0.1, -0.05) is 6.92 Å². The molecule has 96 valence electrons. The third-order valence-corrected chi connectivity index (χ3v) is 5.05. The average molecular weight is 248 g/mol. The Morgan fingerprint density at radius 3 is 2.75 bits per heavy atom. The van der Waals surface area contributed by atoms with Gasteiger partial charge in [-0.3, -0.25) is 0 Å². The van der Waals surface area contributed by atoms with Crippen LogP contribution in [0.1, 0.15) is 26.2 Å². The Bertz CT molecular complexity index is 282. The highest BCUT2D eigenvalue weighted by molar-refractivity contribution is 7.91. The van der Waals surface area contributed by atoms with Crippen molar-refractivity contribution in [3.05, 3.63) is 0 Å². The summed E-state index contributed by atoms with van der Waals surface area (Å²) in [4.78, 5) is 2.21. The molecule has 0 bridgehead atoms. The van der Waals surface area contributed by atoms with Gasteiger partial charge >= 0.3 is 0 Å². The van der Waals surface area contributed by atoms with E-state index in [9.17, 15) is 8.42 Å². The van der Waals surface area contributed by atoms with E-state index >= 15 is 0 Å². The topological polar surface area (TPSA) is 49.4 Å². The summed E-state index contributed by atoms with van der Waals surface area (Å²) in [7, 11) is -0.777. The first-order chi connectivity index (χ1) is 7.55. The Labute approximate surface area is 99.3 Å². The van der Waals surface area contributed by atoms with Crippen molar-refractivity contribution in [1.82, 2.24) is 10.2 Å². The molecule has 0 radical (unpaired) electrons. The van der Waals surface area contributed by atoms with E-state index in [2.05, 4.69) is 10.2 Å². The molecule has 5 heteroatoms. The van der Waals surface area contributed by atoms with Crippen molar-refractivity contribution in [2.45, 2.75) is 32.2 Å². The number of hydrogen-bond acceptors (Lipinski definition) is 4. The Morgan fingerprint density at radius 1 is 1.31 bits per heavy atom. The predicted molar refractivity (Wildman–Crippen MR) is 67.5 cm³/mol.